The largest absolute Gasteiger partial charge is 0.380 e. The zero-order chi connectivity index (χ0) is 15.9. The summed E-state index contributed by atoms with van der Waals surface area (Å²) in [5, 5.41) is 2.67. The van der Waals surface area contributed by atoms with Crippen LogP contribution in [-0.2, 0) is 11.3 Å². The molecule has 22 heavy (non-hydrogen) atoms. The van der Waals surface area contributed by atoms with Gasteiger partial charge < -0.3 is 10.1 Å². The van der Waals surface area contributed by atoms with Gasteiger partial charge in [0.2, 0.25) is 0 Å². The van der Waals surface area contributed by atoms with Crippen molar-refractivity contribution in [1.82, 2.24) is 0 Å². The van der Waals surface area contributed by atoms with Gasteiger partial charge in [0.25, 0.3) is 11.7 Å². The van der Waals surface area contributed by atoms with Crippen molar-refractivity contribution in [2.75, 3.05) is 12.4 Å². The Balaban J connectivity index is 2.17. The van der Waals surface area contributed by atoms with E-state index in [0.29, 0.717) is 34.5 Å². The molecule has 0 fully saturated rings. The maximum absolute atomic E-state index is 12.5. The summed E-state index contributed by atoms with van der Waals surface area (Å²) in [7, 11) is 1.57. The zero-order valence-electron chi connectivity index (χ0n) is 11.9. The second kappa shape index (κ2) is 7.91. The minimum absolute atomic E-state index is 0.332. The van der Waals surface area contributed by atoms with Gasteiger partial charge in [-0.05, 0) is 29.8 Å². The van der Waals surface area contributed by atoms with Crippen LogP contribution < -0.4 is 5.32 Å². The normalized spacial score (nSPS) is 10.7. The molecule has 0 aliphatic heterocycles. The second-order valence-corrected chi connectivity index (χ2v) is 5.49. The summed E-state index contributed by atoms with van der Waals surface area (Å²) in [5.74, 6) is -2.89. The number of rotatable bonds is 6. The van der Waals surface area contributed by atoms with Gasteiger partial charge >= 0.3 is 0 Å². The Kier molecular flexibility index (Phi) is 5.91. The number of anilines is 1. The molecule has 1 N–H and O–H groups in total. The van der Waals surface area contributed by atoms with Crippen LogP contribution in [0.15, 0.2) is 53.4 Å². The molecule has 0 aliphatic rings. The molecule has 6 heteroatoms. The number of ether oxygens (including phenoxy) is 1. The summed E-state index contributed by atoms with van der Waals surface area (Å²) in [6, 6.07) is 13.5. The van der Waals surface area contributed by atoms with Gasteiger partial charge in [-0.25, -0.2) is 0 Å². The third-order valence-corrected chi connectivity index (χ3v) is 3.64. The number of hydrogen-bond acceptors (Lipinski definition) is 3. The average molecular weight is 323 g/mol. The quantitative estimate of drug-likeness (QED) is 0.801. The first kappa shape index (κ1) is 16.5. The highest BCUT2D eigenvalue weighted by Gasteiger charge is 2.13. The Morgan fingerprint density at radius 3 is 2.73 bits per heavy atom. The van der Waals surface area contributed by atoms with Crippen LogP contribution in [0.1, 0.15) is 15.9 Å². The van der Waals surface area contributed by atoms with E-state index in [0.717, 1.165) is 5.56 Å². The number of methoxy groups -OCH3 is 1. The fourth-order valence-corrected chi connectivity index (χ4v) is 2.53. The molecule has 0 unspecified atom stereocenters. The maximum Gasteiger partial charge on any atom is 0.288 e. The first-order valence-electron chi connectivity index (χ1n) is 6.53. The molecule has 0 radical (unpaired) electrons. The SMILES string of the molecule is COCc1cccc(C(=O)Nc2ccccc2SC(F)F)c1. The summed E-state index contributed by atoms with van der Waals surface area (Å²) in [4.78, 5) is 12.6. The van der Waals surface area contributed by atoms with Crippen molar-refractivity contribution < 1.29 is 18.3 Å². The van der Waals surface area contributed by atoms with E-state index in [1.54, 1.807) is 49.6 Å². The summed E-state index contributed by atoms with van der Waals surface area (Å²) < 4.78 is 30.1. The van der Waals surface area contributed by atoms with Crippen LogP contribution in [0.2, 0.25) is 0 Å². The van der Waals surface area contributed by atoms with E-state index < -0.39 is 5.76 Å². The number of carbonyl (C=O) groups excluding carboxylic acids is 1. The first-order valence-corrected chi connectivity index (χ1v) is 7.41. The molecule has 2 aromatic carbocycles. The molecule has 0 saturated heterocycles. The number of hydrogen-bond donors (Lipinski definition) is 1. The van der Waals surface area contributed by atoms with Gasteiger partial charge in [0, 0.05) is 17.6 Å². The Morgan fingerprint density at radius 2 is 2.00 bits per heavy atom. The predicted molar refractivity (Wildman–Crippen MR) is 83.4 cm³/mol. The number of nitrogens with one attached hydrogen (secondary N) is 1. The summed E-state index contributed by atoms with van der Waals surface area (Å²) in [6.07, 6.45) is 0. The molecule has 0 aliphatic carbocycles. The van der Waals surface area contributed by atoms with Crippen LogP contribution in [0.25, 0.3) is 0 Å². The lowest BCUT2D eigenvalue weighted by Gasteiger charge is -2.11. The molecule has 0 heterocycles. The monoisotopic (exact) mass is 323 g/mol. The summed E-state index contributed by atoms with van der Waals surface area (Å²) in [6.45, 7) is 0.402. The van der Waals surface area contributed by atoms with Crippen molar-refractivity contribution in [3.8, 4) is 0 Å². The van der Waals surface area contributed by atoms with Crippen molar-refractivity contribution >= 4 is 23.4 Å². The number of para-hydroxylation sites is 1. The van der Waals surface area contributed by atoms with Gasteiger partial charge in [0.1, 0.15) is 0 Å². The lowest BCUT2D eigenvalue weighted by molar-refractivity contribution is 0.102. The number of halogens is 2. The minimum atomic E-state index is -2.54. The van der Waals surface area contributed by atoms with Crippen LogP contribution in [0.5, 0.6) is 0 Å². The number of alkyl halides is 2. The molecular formula is C16H15F2NO2S. The van der Waals surface area contributed by atoms with Gasteiger partial charge in [-0.2, -0.15) is 8.78 Å². The van der Waals surface area contributed by atoms with Crippen molar-refractivity contribution in [2.24, 2.45) is 0 Å². The van der Waals surface area contributed by atoms with Crippen LogP contribution in [0, 0.1) is 0 Å². The fraction of sp³-hybridized carbons (Fsp3) is 0.188. The number of benzene rings is 2. The van der Waals surface area contributed by atoms with Gasteiger partial charge in [-0.3, -0.25) is 4.79 Å². The molecule has 2 aromatic rings. The molecular weight excluding hydrogens is 308 g/mol. The van der Waals surface area contributed by atoms with Gasteiger partial charge in [-0.15, -0.1) is 0 Å². The smallest absolute Gasteiger partial charge is 0.288 e. The highest BCUT2D eigenvalue weighted by Crippen LogP contribution is 2.31. The van der Waals surface area contributed by atoms with Crippen LogP contribution in [-0.4, -0.2) is 18.8 Å². The van der Waals surface area contributed by atoms with E-state index in [4.69, 9.17) is 4.74 Å². The minimum Gasteiger partial charge on any atom is -0.380 e. The van der Waals surface area contributed by atoms with E-state index in [2.05, 4.69) is 5.32 Å². The van der Waals surface area contributed by atoms with Crippen LogP contribution >= 0.6 is 11.8 Å². The van der Waals surface area contributed by atoms with Gasteiger partial charge in [0.15, 0.2) is 0 Å². The Bertz CT molecular complexity index is 650. The van der Waals surface area contributed by atoms with E-state index in [1.807, 2.05) is 6.07 Å². The van der Waals surface area contributed by atoms with E-state index >= 15 is 0 Å². The molecule has 0 aromatic heterocycles. The lowest BCUT2D eigenvalue weighted by Crippen LogP contribution is -2.13. The molecule has 2 rings (SSSR count). The van der Waals surface area contributed by atoms with Crippen LogP contribution in [0.3, 0.4) is 0 Å². The molecule has 0 saturated carbocycles. The summed E-state index contributed by atoms with van der Waals surface area (Å²) >= 11 is 0.405. The number of amides is 1. The van der Waals surface area contributed by atoms with Crippen molar-refractivity contribution in [1.29, 1.82) is 0 Å². The predicted octanol–water partition coefficient (Wildman–Crippen LogP) is 4.40. The second-order valence-electron chi connectivity index (χ2n) is 4.46. The van der Waals surface area contributed by atoms with E-state index in [-0.39, 0.29) is 5.91 Å². The third kappa shape index (κ3) is 4.54. The Hall–Kier alpha value is -1.92. The Labute approximate surface area is 131 Å². The number of carbonyl (C=O) groups is 1. The maximum atomic E-state index is 12.5. The molecule has 0 spiro atoms. The summed E-state index contributed by atoms with van der Waals surface area (Å²) in [5.41, 5.74) is 1.69. The Morgan fingerprint density at radius 1 is 1.23 bits per heavy atom. The standard InChI is InChI=1S/C16H15F2NO2S/c1-21-10-11-5-4-6-12(9-11)15(20)19-13-7-2-3-8-14(13)22-16(17)18/h2-9,16H,10H2,1H3,(H,19,20). The van der Waals surface area contributed by atoms with Crippen molar-refractivity contribution in [3.63, 3.8) is 0 Å². The molecule has 116 valence electrons. The highest BCUT2D eigenvalue weighted by atomic mass is 32.2. The average Bonchev–Trinajstić information content (AvgIpc) is 2.49. The molecule has 3 nitrogen and oxygen atoms in total. The third-order valence-electron chi connectivity index (χ3n) is 2.85. The fourth-order valence-electron chi connectivity index (χ4n) is 1.93. The lowest BCUT2D eigenvalue weighted by atomic mass is 10.1. The topological polar surface area (TPSA) is 38.3 Å². The van der Waals surface area contributed by atoms with Crippen LogP contribution in [0.4, 0.5) is 14.5 Å². The molecule has 0 bridgehead atoms. The molecule has 1 amide bonds. The van der Waals surface area contributed by atoms with Crippen molar-refractivity contribution in [3.05, 3.63) is 59.7 Å². The molecule has 0 atom stereocenters. The van der Waals surface area contributed by atoms with Crippen molar-refractivity contribution in [2.45, 2.75) is 17.3 Å². The van der Waals surface area contributed by atoms with Gasteiger partial charge in [0.05, 0.1) is 12.3 Å². The van der Waals surface area contributed by atoms with E-state index in [1.165, 1.54) is 0 Å². The zero-order valence-corrected chi connectivity index (χ0v) is 12.7. The van der Waals surface area contributed by atoms with E-state index in [9.17, 15) is 13.6 Å². The van der Waals surface area contributed by atoms with Gasteiger partial charge in [-0.1, -0.05) is 36.0 Å². The number of thioether (sulfide) groups is 1. The highest BCUT2D eigenvalue weighted by molar-refractivity contribution is 7.99. The first-order chi connectivity index (χ1) is 10.6.